The minimum Gasteiger partial charge on any atom is -0.435 e. The van der Waals surface area contributed by atoms with Gasteiger partial charge in [-0.25, -0.2) is 0 Å². The molecule has 0 bridgehead atoms. The smallest absolute Gasteiger partial charge is 0.315 e. The van der Waals surface area contributed by atoms with Crippen molar-refractivity contribution in [2.75, 3.05) is 0 Å². The number of benzene rings is 1. The van der Waals surface area contributed by atoms with Gasteiger partial charge in [-0.2, -0.15) is 0 Å². The Balaban J connectivity index is 2.24. The Morgan fingerprint density at radius 1 is 1.31 bits per heavy atom. The first kappa shape index (κ1) is 12.5. The normalized spacial score (nSPS) is 10.6. The number of carbonyl (C=O) groups excluding carboxylic acids is 1. The van der Waals surface area contributed by atoms with Crippen LogP contribution in [0.3, 0.4) is 0 Å². The minimum absolute atomic E-state index is 0.209. The lowest BCUT2D eigenvalue weighted by Gasteiger charge is -1.99. The van der Waals surface area contributed by atoms with E-state index < -0.39 is 0 Å². The van der Waals surface area contributed by atoms with E-state index in [1.807, 2.05) is 36.4 Å². The molecule has 0 heterocycles. The number of hydrogen-bond acceptors (Lipinski definition) is 2. The van der Waals surface area contributed by atoms with Crippen molar-refractivity contribution >= 4 is 5.97 Å². The average Bonchev–Trinajstić information content (AvgIpc) is 2.30. The lowest BCUT2D eigenvalue weighted by molar-refractivity contribution is -0.137. The number of carbonyl (C=O) groups is 1. The van der Waals surface area contributed by atoms with Gasteiger partial charge in [-0.05, 0) is 24.5 Å². The molecule has 0 atom stereocenters. The van der Waals surface area contributed by atoms with E-state index in [2.05, 4.69) is 6.92 Å². The highest BCUT2D eigenvalue weighted by Crippen LogP contribution is 2.01. The van der Waals surface area contributed by atoms with Gasteiger partial charge in [-0.15, -0.1) is 0 Å². The Morgan fingerprint density at radius 2 is 2.06 bits per heavy atom. The molecule has 1 aromatic carbocycles. The van der Waals surface area contributed by atoms with Gasteiger partial charge in [0.15, 0.2) is 0 Å². The standard InChI is InChI=1S/C14H18O2/c1-2-3-4-8-11-16-14(15)12-13-9-6-5-7-10-13/h5-11H,2-4,12H2,1H3/b11-8+. The Labute approximate surface area is 96.9 Å². The van der Waals surface area contributed by atoms with Gasteiger partial charge in [-0.1, -0.05) is 43.7 Å². The zero-order chi connectivity index (χ0) is 11.6. The molecule has 0 aliphatic carbocycles. The van der Waals surface area contributed by atoms with E-state index in [1.54, 1.807) is 0 Å². The maximum absolute atomic E-state index is 11.4. The van der Waals surface area contributed by atoms with Crippen molar-refractivity contribution in [1.29, 1.82) is 0 Å². The summed E-state index contributed by atoms with van der Waals surface area (Å²) in [5.74, 6) is -0.209. The Hall–Kier alpha value is -1.57. The van der Waals surface area contributed by atoms with Crippen molar-refractivity contribution in [2.45, 2.75) is 32.6 Å². The summed E-state index contributed by atoms with van der Waals surface area (Å²) >= 11 is 0. The fourth-order valence-electron chi connectivity index (χ4n) is 1.32. The quantitative estimate of drug-likeness (QED) is 0.415. The van der Waals surface area contributed by atoms with E-state index in [9.17, 15) is 4.79 Å². The summed E-state index contributed by atoms with van der Waals surface area (Å²) < 4.78 is 4.97. The number of ether oxygens (including phenoxy) is 1. The second-order valence-electron chi connectivity index (χ2n) is 3.67. The van der Waals surface area contributed by atoms with Crippen LogP contribution in [0.15, 0.2) is 42.7 Å². The number of esters is 1. The summed E-state index contributed by atoms with van der Waals surface area (Å²) in [6.45, 7) is 2.13. The molecule has 0 amide bonds. The van der Waals surface area contributed by atoms with E-state index in [0.29, 0.717) is 6.42 Å². The number of unbranched alkanes of at least 4 members (excludes halogenated alkanes) is 2. The topological polar surface area (TPSA) is 26.3 Å². The second-order valence-corrected chi connectivity index (χ2v) is 3.67. The molecule has 1 aromatic rings. The van der Waals surface area contributed by atoms with E-state index >= 15 is 0 Å². The monoisotopic (exact) mass is 218 g/mol. The minimum atomic E-state index is -0.209. The van der Waals surface area contributed by atoms with Crippen LogP contribution in [-0.4, -0.2) is 5.97 Å². The molecule has 0 unspecified atom stereocenters. The molecule has 0 aliphatic rings. The van der Waals surface area contributed by atoms with Crippen molar-refractivity contribution in [3.63, 3.8) is 0 Å². The van der Waals surface area contributed by atoms with Crippen LogP contribution in [0.5, 0.6) is 0 Å². The molecule has 2 nitrogen and oxygen atoms in total. The van der Waals surface area contributed by atoms with E-state index in [-0.39, 0.29) is 5.97 Å². The molecule has 0 N–H and O–H groups in total. The van der Waals surface area contributed by atoms with Crippen LogP contribution in [0.4, 0.5) is 0 Å². The van der Waals surface area contributed by atoms with E-state index in [0.717, 1.165) is 24.8 Å². The van der Waals surface area contributed by atoms with Gasteiger partial charge in [0.25, 0.3) is 0 Å². The molecule has 2 heteroatoms. The van der Waals surface area contributed by atoms with Crippen molar-refractivity contribution in [3.8, 4) is 0 Å². The first-order chi connectivity index (χ1) is 7.83. The zero-order valence-electron chi connectivity index (χ0n) is 9.69. The molecule has 0 aromatic heterocycles. The summed E-state index contributed by atoms with van der Waals surface area (Å²) in [6.07, 6.45) is 6.98. The predicted molar refractivity (Wildman–Crippen MR) is 64.9 cm³/mol. The summed E-state index contributed by atoms with van der Waals surface area (Å²) in [4.78, 5) is 11.4. The molecule has 0 aliphatic heterocycles. The third kappa shape index (κ3) is 5.35. The van der Waals surface area contributed by atoms with Gasteiger partial charge in [-0.3, -0.25) is 4.79 Å². The molecule has 0 fully saturated rings. The fraction of sp³-hybridized carbons (Fsp3) is 0.357. The maximum atomic E-state index is 11.4. The van der Waals surface area contributed by atoms with E-state index in [4.69, 9.17) is 4.74 Å². The Morgan fingerprint density at radius 3 is 2.75 bits per heavy atom. The van der Waals surface area contributed by atoms with Gasteiger partial charge < -0.3 is 4.74 Å². The Kier molecular flexibility index (Phi) is 6.00. The third-order valence-electron chi connectivity index (χ3n) is 2.21. The summed E-state index contributed by atoms with van der Waals surface area (Å²) in [6, 6.07) is 9.60. The molecular weight excluding hydrogens is 200 g/mol. The first-order valence-electron chi connectivity index (χ1n) is 5.71. The van der Waals surface area contributed by atoms with Crippen LogP contribution in [0.2, 0.25) is 0 Å². The highest BCUT2D eigenvalue weighted by atomic mass is 16.5. The van der Waals surface area contributed by atoms with Crippen LogP contribution in [0.25, 0.3) is 0 Å². The van der Waals surface area contributed by atoms with Crippen LogP contribution in [0.1, 0.15) is 31.7 Å². The molecule has 1 rings (SSSR count). The van der Waals surface area contributed by atoms with Crippen LogP contribution >= 0.6 is 0 Å². The van der Waals surface area contributed by atoms with Gasteiger partial charge in [0.2, 0.25) is 0 Å². The maximum Gasteiger partial charge on any atom is 0.315 e. The molecule has 0 saturated carbocycles. The number of hydrogen-bond donors (Lipinski definition) is 0. The zero-order valence-corrected chi connectivity index (χ0v) is 9.69. The molecule has 0 radical (unpaired) electrons. The summed E-state index contributed by atoms with van der Waals surface area (Å²) in [7, 11) is 0. The fourth-order valence-corrected chi connectivity index (χ4v) is 1.32. The number of allylic oxidation sites excluding steroid dienone is 1. The van der Waals surface area contributed by atoms with E-state index in [1.165, 1.54) is 6.26 Å². The lowest BCUT2D eigenvalue weighted by Crippen LogP contribution is -2.03. The van der Waals surface area contributed by atoms with Crippen molar-refractivity contribution < 1.29 is 9.53 Å². The SMILES string of the molecule is CCCC/C=C/OC(=O)Cc1ccccc1. The van der Waals surface area contributed by atoms with Crippen LogP contribution in [0, 0.1) is 0 Å². The van der Waals surface area contributed by atoms with Crippen LogP contribution in [-0.2, 0) is 16.0 Å². The summed E-state index contributed by atoms with van der Waals surface area (Å²) in [5.41, 5.74) is 0.981. The first-order valence-corrected chi connectivity index (χ1v) is 5.71. The van der Waals surface area contributed by atoms with Crippen molar-refractivity contribution in [1.82, 2.24) is 0 Å². The summed E-state index contributed by atoms with van der Waals surface area (Å²) in [5, 5.41) is 0. The Bertz CT molecular complexity index is 328. The van der Waals surface area contributed by atoms with Crippen molar-refractivity contribution in [3.05, 3.63) is 48.2 Å². The van der Waals surface area contributed by atoms with Gasteiger partial charge in [0, 0.05) is 0 Å². The third-order valence-corrected chi connectivity index (χ3v) is 2.21. The molecule has 16 heavy (non-hydrogen) atoms. The predicted octanol–water partition coefficient (Wildman–Crippen LogP) is 3.48. The highest BCUT2D eigenvalue weighted by Gasteiger charge is 2.01. The highest BCUT2D eigenvalue weighted by molar-refractivity contribution is 5.73. The van der Waals surface area contributed by atoms with Gasteiger partial charge in [0.1, 0.15) is 0 Å². The van der Waals surface area contributed by atoms with Crippen molar-refractivity contribution in [2.24, 2.45) is 0 Å². The van der Waals surface area contributed by atoms with Crippen LogP contribution < -0.4 is 0 Å². The lowest BCUT2D eigenvalue weighted by atomic mass is 10.2. The van der Waals surface area contributed by atoms with Gasteiger partial charge in [0.05, 0.1) is 12.7 Å². The largest absolute Gasteiger partial charge is 0.435 e. The molecular formula is C14H18O2. The number of rotatable bonds is 6. The average molecular weight is 218 g/mol. The molecule has 0 saturated heterocycles. The molecule has 86 valence electrons. The van der Waals surface area contributed by atoms with Gasteiger partial charge >= 0.3 is 5.97 Å². The molecule has 0 spiro atoms. The second kappa shape index (κ2) is 7.69.